The average molecular weight is 248 g/mol. The van der Waals surface area contributed by atoms with Gasteiger partial charge in [0.25, 0.3) is 0 Å². The standard InChI is InChI=1S/C12H16ClF2N/c1-9(13)4-3-7-16-8-10-11(14)5-2-6-12(10)15/h2,5-6,9,16H,3-4,7-8H2,1H3. The molecule has 1 rings (SSSR count). The van der Waals surface area contributed by atoms with E-state index in [0.29, 0.717) is 6.54 Å². The van der Waals surface area contributed by atoms with Gasteiger partial charge in [0.1, 0.15) is 11.6 Å². The molecule has 1 atom stereocenters. The van der Waals surface area contributed by atoms with Crippen LogP contribution < -0.4 is 5.32 Å². The first-order valence-electron chi connectivity index (χ1n) is 5.39. The molecule has 0 aliphatic carbocycles. The number of alkyl halides is 1. The van der Waals surface area contributed by atoms with E-state index in [2.05, 4.69) is 5.32 Å². The summed E-state index contributed by atoms with van der Waals surface area (Å²) in [5, 5.41) is 3.15. The van der Waals surface area contributed by atoms with Crippen LogP contribution >= 0.6 is 11.6 Å². The van der Waals surface area contributed by atoms with Gasteiger partial charge in [-0.15, -0.1) is 11.6 Å². The van der Waals surface area contributed by atoms with Crippen molar-refractivity contribution in [1.82, 2.24) is 5.32 Å². The molecule has 0 fully saturated rings. The maximum Gasteiger partial charge on any atom is 0.130 e. The second kappa shape index (κ2) is 6.81. The molecule has 0 aliphatic rings. The monoisotopic (exact) mass is 247 g/mol. The van der Waals surface area contributed by atoms with Crippen LogP contribution in [-0.4, -0.2) is 11.9 Å². The highest BCUT2D eigenvalue weighted by atomic mass is 35.5. The van der Waals surface area contributed by atoms with Gasteiger partial charge in [-0.05, 0) is 38.4 Å². The van der Waals surface area contributed by atoms with Crippen molar-refractivity contribution in [1.29, 1.82) is 0 Å². The first kappa shape index (κ1) is 13.4. The number of hydrogen-bond donors (Lipinski definition) is 1. The van der Waals surface area contributed by atoms with Gasteiger partial charge in [-0.2, -0.15) is 0 Å². The van der Waals surface area contributed by atoms with Crippen molar-refractivity contribution in [2.45, 2.75) is 31.7 Å². The number of halogens is 3. The summed E-state index contributed by atoms with van der Waals surface area (Å²) < 4.78 is 26.4. The van der Waals surface area contributed by atoms with Crippen LogP contribution in [0, 0.1) is 11.6 Å². The van der Waals surface area contributed by atoms with Gasteiger partial charge in [0, 0.05) is 17.5 Å². The third-order valence-corrected chi connectivity index (χ3v) is 2.54. The van der Waals surface area contributed by atoms with Gasteiger partial charge in [-0.25, -0.2) is 8.78 Å². The molecule has 0 amide bonds. The lowest BCUT2D eigenvalue weighted by Gasteiger charge is -2.07. The molecule has 16 heavy (non-hydrogen) atoms. The van der Waals surface area contributed by atoms with E-state index in [4.69, 9.17) is 11.6 Å². The first-order valence-corrected chi connectivity index (χ1v) is 5.82. The number of nitrogens with one attached hydrogen (secondary N) is 1. The van der Waals surface area contributed by atoms with E-state index < -0.39 is 11.6 Å². The van der Waals surface area contributed by atoms with Crippen LogP contribution in [-0.2, 0) is 6.54 Å². The van der Waals surface area contributed by atoms with Crippen molar-refractivity contribution in [2.24, 2.45) is 0 Å². The molecule has 90 valence electrons. The van der Waals surface area contributed by atoms with Gasteiger partial charge in [-0.1, -0.05) is 6.07 Å². The zero-order chi connectivity index (χ0) is 12.0. The molecule has 0 radical (unpaired) electrons. The Morgan fingerprint density at radius 2 is 1.94 bits per heavy atom. The van der Waals surface area contributed by atoms with E-state index in [0.717, 1.165) is 12.8 Å². The van der Waals surface area contributed by atoms with Crippen LogP contribution in [0.3, 0.4) is 0 Å². The minimum absolute atomic E-state index is 0.0985. The lowest BCUT2D eigenvalue weighted by atomic mass is 10.2. The molecule has 1 aromatic rings. The Labute approximate surface area is 99.8 Å². The summed E-state index contributed by atoms with van der Waals surface area (Å²) in [7, 11) is 0. The molecule has 1 aromatic carbocycles. The Kier molecular flexibility index (Phi) is 5.71. The fourth-order valence-electron chi connectivity index (χ4n) is 1.42. The molecule has 1 unspecified atom stereocenters. The molecule has 1 N–H and O–H groups in total. The van der Waals surface area contributed by atoms with Crippen LogP contribution in [0.1, 0.15) is 25.3 Å². The van der Waals surface area contributed by atoms with E-state index >= 15 is 0 Å². The van der Waals surface area contributed by atoms with Crippen molar-refractivity contribution >= 4 is 11.6 Å². The summed E-state index contributed by atoms with van der Waals surface area (Å²) in [6.07, 6.45) is 1.80. The van der Waals surface area contributed by atoms with Gasteiger partial charge in [-0.3, -0.25) is 0 Å². The second-order valence-electron chi connectivity index (χ2n) is 3.80. The second-order valence-corrected chi connectivity index (χ2v) is 4.55. The van der Waals surface area contributed by atoms with E-state index in [9.17, 15) is 8.78 Å². The van der Waals surface area contributed by atoms with E-state index in [1.165, 1.54) is 18.2 Å². The van der Waals surface area contributed by atoms with Crippen molar-refractivity contribution in [3.05, 3.63) is 35.4 Å². The summed E-state index contributed by atoms with van der Waals surface area (Å²) in [6, 6.07) is 3.89. The predicted molar refractivity (Wildman–Crippen MR) is 62.6 cm³/mol. The fourth-order valence-corrected chi connectivity index (χ4v) is 1.58. The summed E-state index contributed by atoms with van der Waals surface area (Å²) in [6.45, 7) is 2.86. The van der Waals surface area contributed by atoms with Crippen molar-refractivity contribution in [3.63, 3.8) is 0 Å². The lowest BCUT2D eigenvalue weighted by Crippen LogP contribution is -2.17. The molecular weight excluding hydrogens is 232 g/mol. The lowest BCUT2D eigenvalue weighted by molar-refractivity contribution is 0.529. The molecule has 0 heterocycles. The average Bonchev–Trinajstić information content (AvgIpc) is 2.21. The number of benzene rings is 1. The third kappa shape index (κ3) is 4.45. The number of hydrogen-bond acceptors (Lipinski definition) is 1. The molecule has 0 saturated carbocycles. The maximum absolute atomic E-state index is 13.2. The predicted octanol–water partition coefficient (Wildman–Crippen LogP) is 3.46. The molecule has 0 aromatic heterocycles. The van der Waals surface area contributed by atoms with E-state index in [1.807, 2.05) is 6.92 Å². The van der Waals surface area contributed by atoms with Crippen LogP contribution in [0.25, 0.3) is 0 Å². The molecule has 0 saturated heterocycles. The maximum atomic E-state index is 13.2. The third-order valence-electron chi connectivity index (χ3n) is 2.32. The molecule has 0 bridgehead atoms. The Morgan fingerprint density at radius 1 is 1.31 bits per heavy atom. The summed E-state index contributed by atoms with van der Waals surface area (Å²) in [5.41, 5.74) is 0.0985. The van der Waals surface area contributed by atoms with Crippen LogP contribution in [0.4, 0.5) is 8.78 Å². The highest BCUT2D eigenvalue weighted by Gasteiger charge is 2.07. The van der Waals surface area contributed by atoms with Crippen molar-refractivity contribution in [3.8, 4) is 0 Å². The summed E-state index contributed by atoms with van der Waals surface area (Å²) >= 11 is 5.78. The molecule has 0 aliphatic heterocycles. The van der Waals surface area contributed by atoms with Crippen LogP contribution in [0.5, 0.6) is 0 Å². The Bertz CT molecular complexity index is 309. The fraction of sp³-hybridized carbons (Fsp3) is 0.500. The Morgan fingerprint density at radius 3 is 2.50 bits per heavy atom. The highest BCUT2D eigenvalue weighted by Crippen LogP contribution is 2.11. The van der Waals surface area contributed by atoms with E-state index in [-0.39, 0.29) is 17.5 Å². The first-order chi connectivity index (χ1) is 7.61. The zero-order valence-electron chi connectivity index (χ0n) is 9.27. The van der Waals surface area contributed by atoms with Crippen molar-refractivity contribution in [2.75, 3.05) is 6.54 Å². The highest BCUT2D eigenvalue weighted by molar-refractivity contribution is 6.20. The molecule has 0 spiro atoms. The van der Waals surface area contributed by atoms with Crippen molar-refractivity contribution < 1.29 is 8.78 Å². The van der Waals surface area contributed by atoms with Gasteiger partial charge >= 0.3 is 0 Å². The largest absolute Gasteiger partial charge is 0.312 e. The Balaban J connectivity index is 2.32. The SMILES string of the molecule is CC(Cl)CCCNCc1c(F)cccc1F. The van der Waals surface area contributed by atoms with Crippen LogP contribution in [0.2, 0.25) is 0 Å². The number of rotatable bonds is 6. The minimum Gasteiger partial charge on any atom is -0.312 e. The van der Waals surface area contributed by atoms with Crippen LogP contribution in [0.15, 0.2) is 18.2 Å². The van der Waals surface area contributed by atoms with Gasteiger partial charge in [0.15, 0.2) is 0 Å². The van der Waals surface area contributed by atoms with Gasteiger partial charge in [0.05, 0.1) is 0 Å². The van der Waals surface area contributed by atoms with E-state index in [1.54, 1.807) is 0 Å². The molecular formula is C12H16ClF2N. The normalized spacial score (nSPS) is 12.8. The van der Waals surface area contributed by atoms with Gasteiger partial charge in [0.2, 0.25) is 0 Å². The summed E-state index contributed by atoms with van der Waals surface area (Å²) in [5.74, 6) is -1.00. The minimum atomic E-state index is -0.502. The quantitative estimate of drug-likeness (QED) is 0.600. The zero-order valence-corrected chi connectivity index (χ0v) is 10.0. The topological polar surface area (TPSA) is 12.0 Å². The Hall–Kier alpha value is -0.670. The summed E-state index contributed by atoms with van der Waals surface area (Å²) in [4.78, 5) is 0. The molecule has 1 nitrogen and oxygen atoms in total. The molecule has 4 heteroatoms. The van der Waals surface area contributed by atoms with Gasteiger partial charge < -0.3 is 5.32 Å². The smallest absolute Gasteiger partial charge is 0.130 e.